The standard InChI is InChI=1S/C16H21BrO3/c1-2-3-4-5-6-7-14(18)12-10-15-16(11-13(12)17)20-9-8-19-15/h10-11H,2-9H2,1H3. The molecule has 1 aliphatic heterocycles. The molecule has 0 atom stereocenters. The van der Waals surface area contributed by atoms with Gasteiger partial charge in [-0.15, -0.1) is 0 Å². The quantitative estimate of drug-likeness (QED) is 0.530. The molecule has 1 aromatic carbocycles. The van der Waals surface area contributed by atoms with Crippen molar-refractivity contribution in [1.29, 1.82) is 0 Å². The molecule has 1 aliphatic rings. The Balaban J connectivity index is 1.95. The minimum atomic E-state index is 0.172. The molecule has 20 heavy (non-hydrogen) atoms. The maximum atomic E-state index is 12.3. The molecule has 0 N–H and O–H groups in total. The van der Waals surface area contributed by atoms with E-state index in [1.807, 2.05) is 6.07 Å². The number of carbonyl (C=O) groups excluding carboxylic acids is 1. The molecule has 0 aliphatic carbocycles. The van der Waals surface area contributed by atoms with E-state index in [-0.39, 0.29) is 5.78 Å². The molecular weight excluding hydrogens is 320 g/mol. The van der Waals surface area contributed by atoms with E-state index in [4.69, 9.17) is 9.47 Å². The van der Waals surface area contributed by atoms with Crippen molar-refractivity contribution in [3.63, 3.8) is 0 Å². The smallest absolute Gasteiger partial charge is 0.164 e. The Morgan fingerprint density at radius 3 is 2.45 bits per heavy atom. The molecule has 0 saturated carbocycles. The van der Waals surface area contributed by atoms with Gasteiger partial charge in [0.1, 0.15) is 13.2 Å². The van der Waals surface area contributed by atoms with Crippen molar-refractivity contribution < 1.29 is 14.3 Å². The number of rotatable bonds is 7. The number of ether oxygens (including phenoxy) is 2. The summed E-state index contributed by atoms with van der Waals surface area (Å²) in [7, 11) is 0. The third kappa shape index (κ3) is 3.98. The number of hydrogen-bond donors (Lipinski definition) is 0. The molecular formula is C16H21BrO3. The summed E-state index contributed by atoms with van der Waals surface area (Å²) in [6.45, 7) is 3.29. The largest absolute Gasteiger partial charge is 0.486 e. The van der Waals surface area contributed by atoms with Gasteiger partial charge in [0.05, 0.1) is 0 Å². The van der Waals surface area contributed by atoms with Gasteiger partial charge in [-0.25, -0.2) is 0 Å². The minimum absolute atomic E-state index is 0.172. The number of halogens is 1. The monoisotopic (exact) mass is 340 g/mol. The van der Waals surface area contributed by atoms with Crippen molar-refractivity contribution in [2.24, 2.45) is 0 Å². The van der Waals surface area contributed by atoms with Gasteiger partial charge in [-0.1, -0.05) is 32.6 Å². The third-order valence-corrected chi connectivity index (χ3v) is 4.10. The second-order valence-electron chi connectivity index (χ2n) is 5.06. The second-order valence-corrected chi connectivity index (χ2v) is 5.92. The van der Waals surface area contributed by atoms with Gasteiger partial charge in [0.2, 0.25) is 0 Å². The summed E-state index contributed by atoms with van der Waals surface area (Å²) in [5.74, 6) is 1.56. The van der Waals surface area contributed by atoms with Gasteiger partial charge in [0.15, 0.2) is 17.3 Å². The highest BCUT2D eigenvalue weighted by atomic mass is 79.9. The molecule has 0 aromatic heterocycles. The van der Waals surface area contributed by atoms with Gasteiger partial charge in [0.25, 0.3) is 0 Å². The fourth-order valence-corrected chi connectivity index (χ4v) is 2.84. The molecule has 0 unspecified atom stereocenters. The van der Waals surface area contributed by atoms with Crippen LogP contribution in [0.15, 0.2) is 16.6 Å². The zero-order valence-corrected chi connectivity index (χ0v) is 13.5. The van der Waals surface area contributed by atoms with Crippen LogP contribution in [-0.4, -0.2) is 19.0 Å². The van der Waals surface area contributed by atoms with E-state index in [0.29, 0.717) is 36.7 Å². The fraction of sp³-hybridized carbons (Fsp3) is 0.562. The number of unbranched alkanes of at least 4 members (excludes halogenated alkanes) is 4. The first-order chi connectivity index (χ1) is 9.72. The van der Waals surface area contributed by atoms with E-state index in [1.165, 1.54) is 19.3 Å². The molecule has 4 heteroatoms. The van der Waals surface area contributed by atoms with Gasteiger partial charge in [0, 0.05) is 16.5 Å². The lowest BCUT2D eigenvalue weighted by molar-refractivity contribution is 0.0977. The van der Waals surface area contributed by atoms with Crippen molar-refractivity contribution in [2.45, 2.75) is 45.4 Å². The van der Waals surface area contributed by atoms with Gasteiger partial charge < -0.3 is 9.47 Å². The first-order valence-corrected chi connectivity index (χ1v) is 8.14. The Bertz CT molecular complexity index is 471. The molecule has 0 bridgehead atoms. The van der Waals surface area contributed by atoms with Crippen LogP contribution in [0.4, 0.5) is 0 Å². The summed E-state index contributed by atoms with van der Waals surface area (Å²) in [6.07, 6.45) is 6.37. The maximum Gasteiger partial charge on any atom is 0.164 e. The van der Waals surface area contributed by atoms with Crippen molar-refractivity contribution in [1.82, 2.24) is 0 Å². The van der Waals surface area contributed by atoms with Crippen LogP contribution >= 0.6 is 15.9 Å². The Hall–Kier alpha value is -1.03. The SMILES string of the molecule is CCCCCCCC(=O)c1cc2c(cc1Br)OCCO2. The van der Waals surface area contributed by atoms with E-state index in [0.717, 1.165) is 17.3 Å². The highest BCUT2D eigenvalue weighted by molar-refractivity contribution is 9.10. The van der Waals surface area contributed by atoms with Crippen LogP contribution in [0.1, 0.15) is 55.8 Å². The number of Topliss-reactive ketones (excluding diaryl/α,β-unsaturated/α-hetero) is 1. The lowest BCUT2D eigenvalue weighted by Crippen LogP contribution is -2.16. The van der Waals surface area contributed by atoms with E-state index >= 15 is 0 Å². The van der Waals surface area contributed by atoms with Crippen LogP contribution < -0.4 is 9.47 Å². The first kappa shape index (κ1) is 15.4. The first-order valence-electron chi connectivity index (χ1n) is 7.34. The van der Waals surface area contributed by atoms with Crippen LogP contribution in [0, 0.1) is 0 Å². The Morgan fingerprint density at radius 2 is 1.75 bits per heavy atom. The summed E-state index contributed by atoms with van der Waals surface area (Å²) in [6, 6.07) is 3.63. The molecule has 0 saturated heterocycles. The van der Waals surface area contributed by atoms with E-state index in [2.05, 4.69) is 22.9 Å². The van der Waals surface area contributed by atoms with Crippen LogP contribution in [-0.2, 0) is 0 Å². The van der Waals surface area contributed by atoms with Crippen molar-refractivity contribution in [3.8, 4) is 11.5 Å². The van der Waals surface area contributed by atoms with Crippen LogP contribution in [0.3, 0.4) is 0 Å². The minimum Gasteiger partial charge on any atom is -0.486 e. The predicted molar refractivity (Wildman–Crippen MR) is 82.8 cm³/mol. The van der Waals surface area contributed by atoms with Crippen molar-refractivity contribution in [3.05, 3.63) is 22.2 Å². The predicted octanol–water partition coefficient (Wildman–Crippen LogP) is 4.76. The summed E-state index contributed by atoms with van der Waals surface area (Å²) in [4.78, 5) is 12.3. The van der Waals surface area contributed by atoms with Gasteiger partial charge in [-0.3, -0.25) is 4.79 Å². The Labute approximate surface area is 128 Å². The molecule has 110 valence electrons. The van der Waals surface area contributed by atoms with Gasteiger partial charge >= 0.3 is 0 Å². The normalized spacial score (nSPS) is 13.3. The number of ketones is 1. The molecule has 0 fully saturated rings. The number of fused-ring (bicyclic) bond motifs is 1. The van der Waals surface area contributed by atoms with Gasteiger partial charge in [-0.2, -0.15) is 0 Å². The third-order valence-electron chi connectivity index (χ3n) is 3.44. The number of carbonyl (C=O) groups is 1. The summed E-state index contributed by atoms with van der Waals surface area (Å²) < 4.78 is 11.8. The highest BCUT2D eigenvalue weighted by Crippen LogP contribution is 2.36. The van der Waals surface area contributed by atoms with Crippen LogP contribution in [0.25, 0.3) is 0 Å². The van der Waals surface area contributed by atoms with E-state index in [1.54, 1.807) is 6.07 Å². The summed E-state index contributed by atoms with van der Waals surface area (Å²) >= 11 is 3.45. The second kappa shape index (κ2) is 7.67. The lowest BCUT2D eigenvalue weighted by atomic mass is 10.0. The zero-order valence-electron chi connectivity index (χ0n) is 11.9. The molecule has 0 amide bonds. The topological polar surface area (TPSA) is 35.5 Å². The number of hydrogen-bond acceptors (Lipinski definition) is 3. The molecule has 2 rings (SSSR count). The summed E-state index contributed by atoms with van der Waals surface area (Å²) in [5.41, 5.74) is 0.699. The molecule has 0 spiro atoms. The Morgan fingerprint density at radius 1 is 1.10 bits per heavy atom. The molecule has 1 heterocycles. The fourth-order valence-electron chi connectivity index (χ4n) is 2.30. The Kier molecular flexibility index (Phi) is 5.89. The van der Waals surface area contributed by atoms with Crippen molar-refractivity contribution in [2.75, 3.05) is 13.2 Å². The van der Waals surface area contributed by atoms with E-state index in [9.17, 15) is 4.79 Å². The average molecular weight is 341 g/mol. The highest BCUT2D eigenvalue weighted by Gasteiger charge is 2.18. The average Bonchev–Trinajstić information content (AvgIpc) is 2.46. The van der Waals surface area contributed by atoms with Gasteiger partial charge in [-0.05, 0) is 34.5 Å². The zero-order chi connectivity index (χ0) is 14.4. The lowest BCUT2D eigenvalue weighted by Gasteiger charge is -2.19. The molecule has 0 radical (unpaired) electrons. The van der Waals surface area contributed by atoms with Crippen molar-refractivity contribution >= 4 is 21.7 Å². The van der Waals surface area contributed by atoms with Crippen LogP contribution in [0.2, 0.25) is 0 Å². The van der Waals surface area contributed by atoms with Crippen LogP contribution in [0.5, 0.6) is 11.5 Å². The summed E-state index contributed by atoms with van der Waals surface area (Å²) in [5, 5.41) is 0. The maximum absolute atomic E-state index is 12.3. The molecule has 1 aromatic rings. The number of benzene rings is 1. The molecule has 3 nitrogen and oxygen atoms in total. The van der Waals surface area contributed by atoms with E-state index < -0.39 is 0 Å².